The Kier molecular flexibility index (Phi) is 3.33. The van der Waals surface area contributed by atoms with Gasteiger partial charge in [0.2, 0.25) is 0 Å². The molecule has 0 N–H and O–H groups in total. The first-order valence-electron chi connectivity index (χ1n) is 6.18. The summed E-state index contributed by atoms with van der Waals surface area (Å²) in [7, 11) is 0. The predicted octanol–water partition coefficient (Wildman–Crippen LogP) is 4.51. The summed E-state index contributed by atoms with van der Waals surface area (Å²) in [4.78, 5) is 0. The molecule has 0 aromatic heterocycles. The number of hydrogen-bond acceptors (Lipinski definition) is 0. The lowest BCUT2D eigenvalue weighted by Gasteiger charge is -2.11. The lowest BCUT2D eigenvalue weighted by molar-refractivity contribution is 1.11. The molecule has 0 amide bonds. The standard InChI is InChI=1S/C17H20/c1-12-8-13(2)10-16(9-12)11-17-14(3)6-5-7-15(17)4/h5-10H,11H2,1-4H3. The minimum Gasteiger partial charge on any atom is -0.0617 e. The summed E-state index contributed by atoms with van der Waals surface area (Å²) in [6.07, 6.45) is 1.04. The SMILES string of the molecule is Cc1cc(C)cc(Cc2c(C)cccc2C)c1. The molecule has 2 aromatic rings. The van der Waals surface area contributed by atoms with Crippen LogP contribution in [0, 0.1) is 27.7 Å². The molecule has 0 nitrogen and oxygen atoms in total. The molecule has 2 aromatic carbocycles. The second kappa shape index (κ2) is 4.75. The summed E-state index contributed by atoms with van der Waals surface area (Å²) < 4.78 is 0. The quantitative estimate of drug-likeness (QED) is 0.704. The van der Waals surface area contributed by atoms with Crippen molar-refractivity contribution in [1.82, 2.24) is 0 Å². The van der Waals surface area contributed by atoms with Crippen molar-refractivity contribution in [1.29, 1.82) is 0 Å². The molecule has 0 heteroatoms. The molecule has 0 aliphatic carbocycles. The minimum absolute atomic E-state index is 1.04. The summed E-state index contributed by atoms with van der Waals surface area (Å²) in [5, 5.41) is 0. The first-order valence-corrected chi connectivity index (χ1v) is 6.18. The van der Waals surface area contributed by atoms with Gasteiger partial charge < -0.3 is 0 Å². The Labute approximate surface area is 104 Å². The average Bonchev–Trinajstić information content (AvgIpc) is 2.22. The highest BCUT2D eigenvalue weighted by Crippen LogP contribution is 2.19. The van der Waals surface area contributed by atoms with Gasteiger partial charge in [0.1, 0.15) is 0 Å². The highest BCUT2D eigenvalue weighted by atomic mass is 14.1. The third-order valence-corrected chi connectivity index (χ3v) is 3.31. The highest BCUT2D eigenvalue weighted by Gasteiger charge is 2.04. The summed E-state index contributed by atoms with van der Waals surface area (Å²) in [6.45, 7) is 8.73. The van der Waals surface area contributed by atoms with E-state index in [0.717, 1.165) is 6.42 Å². The number of hydrogen-bond donors (Lipinski definition) is 0. The van der Waals surface area contributed by atoms with Crippen LogP contribution < -0.4 is 0 Å². The first-order chi connectivity index (χ1) is 8.06. The number of rotatable bonds is 2. The van der Waals surface area contributed by atoms with Crippen molar-refractivity contribution < 1.29 is 0 Å². The normalized spacial score (nSPS) is 10.6. The maximum atomic E-state index is 2.29. The predicted molar refractivity (Wildman–Crippen MR) is 74.6 cm³/mol. The Morgan fingerprint density at radius 1 is 0.765 bits per heavy atom. The van der Waals surface area contributed by atoms with Gasteiger partial charge in [-0.3, -0.25) is 0 Å². The Morgan fingerprint density at radius 3 is 1.82 bits per heavy atom. The van der Waals surface area contributed by atoms with Gasteiger partial charge in [-0.15, -0.1) is 0 Å². The van der Waals surface area contributed by atoms with Crippen LogP contribution in [0.2, 0.25) is 0 Å². The minimum atomic E-state index is 1.04. The zero-order valence-electron chi connectivity index (χ0n) is 11.2. The van der Waals surface area contributed by atoms with Gasteiger partial charge in [-0.05, 0) is 56.4 Å². The average molecular weight is 224 g/mol. The number of aryl methyl sites for hydroxylation is 4. The lowest BCUT2D eigenvalue weighted by atomic mass is 9.94. The van der Waals surface area contributed by atoms with Crippen LogP contribution in [0.15, 0.2) is 36.4 Å². The second-order valence-electron chi connectivity index (χ2n) is 5.04. The van der Waals surface area contributed by atoms with Crippen molar-refractivity contribution in [2.75, 3.05) is 0 Å². The van der Waals surface area contributed by atoms with Gasteiger partial charge in [0.25, 0.3) is 0 Å². The van der Waals surface area contributed by atoms with Gasteiger partial charge in [0.15, 0.2) is 0 Å². The summed E-state index contributed by atoms with van der Waals surface area (Å²) in [6, 6.07) is 13.3. The Balaban J connectivity index is 2.38. The van der Waals surface area contributed by atoms with Crippen LogP contribution in [0.4, 0.5) is 0 Å². The molecular formula is C17H20. The van der Waals surface area contributed by atoms with Crippen molar-refractivity contribution in [3.05, 3.63) is 69.8 Å². The fraction of sp³-hybridized carbons (Fsp3) is 0.294. The molecule has 2 rings (SSSR count). The fourth-order valence-electron chi connectivity index (χ4n) is 2.50. The second-order valence-corrected chi connectivity index (χ2v) is 5.04. The van der Waals surface area contributed by atoms with Crippen molar-refractivity contribution in [3.8, 4) is 0 Å². The van der Waals surface area contributed by atoms with Crippen molar-refractivity contribution in [3.63, 3.8) is 0 Å². The van der Waals surface area contributed by atoms with Crippen LogP contribution in [-0.4, -0.2) is 0 Å². The van der Waals surface area contributed by atoms with E-state index in [4.69, 9.17) is 0 Å². The van der Waals surface area contributed by atoms with E-state index in [1.54, 1.807) is 0 Å². The van der Waals surface area contributed by atoms with Gasteiger partial charge in [-0.25, -0.2) is 0 Å². The lowest BCUT2D eigenvalue weighted by Crippen LogP contribution is -1.96. The summed E-state index contributed by atoms with van der Waals surface area (Å²) >= 11 is 0. The molecule has 0 radical (unpaired) electrons. The van der Waals surface area contributed by atoms with Crippen LogP contribution in [0.1, 0.15) is 33.4 Å². The molecule has 0 atom stereocenters. The van der Waals surface area contributed by atoms with E-state index in [-0.39, 0.29) is 0 Å². The van der Waals surface area contributed by atoms with Crippen molar-refractivity contribution in [2.24, 2.45) is 0 Å². The molecule has 0 saturated heterocycles. The zero-order chi connectivity index (χ0) is 12.4. The molecule has 0 spiro atoms. The third-order valence-electron chi connectivity index (χ3n) is 3.31. The monoisotopic (exact) mass is 224 g/mol. The largest absolute Gasteiger partial charge is 0.0617 e. The van der Waals surface area contributed by atoms with Crippen LogP contribution in [0.3, 0.4) is 0 Å². The molecule has 0 heterocycles. The number of benzene rings is 2. The van der Waals surface area contributed by atoms with E-state index >= 15 is 0 Å². The van der Waals surface area contributed by atoms with Crippen molar-refractivity contribution in [2.45, 2.75) is 34.1 Å². The fourth-order valence-corrected chi connectivity index (χ4v) is 2.50. The highest BCUT2D eigenvalue weighted by molar-refractivity contribution is 5.39. The van der Waals surface area contributed by atoms with E-state index in [2.05, 4.69) is 64.1 Å². The Morgan fingerprint density at radius 2 is 1.29 bits per heavy atom. The molecule has 0 aliphatic rings. The molecule has 88 valence electrons. The van der Waals surface area contributed by atoms with E-state index in [0.29, 0.717) is 0 Å². The van der Waals surface area contributed by atoms with E-state index < -0.39 is 0 Å². The van der Waals surface area contributed by atoms with Gasteiger partial charge in [-0.2, -0.15) is 0 Å². The molecular weight excluding hydrogens is 204 g/mol. The molecule has 0 saturated carbocycles. The Bertz CT molecular complexity index is 495. The van der Waals surface area contributed by atoms with E-state index in [9.17, 15) is 0 Å². The summed E-state index contributed by atoms with van der Waals surface area (Å²) in [5.74, 6) is 0. The molecule has 17 heavy (non-hydrogen) atoms. The molecule has 0 unspecified atom stereocenters. The van der Waals surface area contributed by atoms with Gasteiger partial charge in [0, 0.05) is 0 Å². The van der Waals surface area contributed by atoms with Gasteiger partial charge in [0.05, 0.1) is 0 Å². The molecule has 0 aliphatic heterocycles. The first kappa shape index (κ1) is 11.9. The van der Waals surface area contributed by atoms with Gasteiger partial charge >= 0.3 is 0 Å². The Hall–Kier alpha value is -1.56. The van der Waals surface area contributed by atoms with Crippen LogP contribution in [0.5, 0.6) is 0 Å². The smallest absolute Gasteiger partial charge is 0.00203 e. The van der Waals surface area contributed by atoms with Crippen molar-refractivity contribution >= 4 is 0 Å². The maximum absolute atomic E-state index is 2.29. The van der Waals surface area contributed by atoms with Crippen LogP contribution in [-0.2, 0) is 6.42 Å². The van der Waals surface area contributed by atoms with E-state index in [1.165, 1.54) is 33.4 Å². The maximum Gasteiger partial charge on any atom is -0.00203 e. The third kappa shape index (κ3) is 2.76. The van der Waals surface area contributed by atoms with Crippen LogP contribution >= 0.6 is 0 Å². The topological polar surface area (TPSA) is 0 Å². The van der Waals surface area contributed by atoms with E-state index in [1.807, 2.05) is 0 Å². The zero-order valence-corrected chi connectivity index (χ0v) is 11.2. The molecule has 0 bridgehead atoms. The summed E-state index contributed by atoms with van der Waals surface area (Å²) in [5.41, 5.74) is 8.38. The van der Waals surface area contributed by atoms with Crippen LogP contribution in [0.25, 0.3) is 0 Å². The van der Waals surface area contributed by atoms with Gasteiger partial charge in [-0.1, -0.05) is 47.5 Å². The molecule has 0 fully saturated rings.